The molecule has 0 saturated carbocycles. The van der Waals surface area contributed by atoms with Gasteiger partial charge in [-0.25, -0.2) is 0 Å². The van der Waals surface area contributed by atoms with Crippen LogP contribution in [0.1, 0.15) is 40.5 Å². The first-order chi connectivity index (χ1) is 9.04. The molecule has 0 aromatic rings. The molecular weight excluding hydrogens is 262 g/mol. The van der Waals surface area contributed by atoms with E-state index in [-0.39, 0.29) is 18.1 Å². The molecule has 0 amide bonds. The van der Waals surface area contributed by atoms with E-state index in [0.29, 0.717) is 18.0 Å². The number of carbonyl (C=O) groups is 1. The van der Waals surface area contributed by atoms with E-state index in [2.05, 4.69) is 12.2 Å². The summed E-state index contributed by atoms with van der Waals surface area (Å²) in [6.07, 6.45) is 2.27. The lowest BCUT2D eigenvalue weighted by Gasteiger charge is -2.20. The molecule has 1 fully saturated rings. The third-order valence-corrected chi connectivity index (χ3v) is 4.67. The number of carbonyl (C=O) groups excluding carboxylic acids is 1. The predicted molar refractivity (Wildman–Crippen MR) is 79.6 cm³/mol. The molecule has 0 spiro atoms. The normalized spacial score (nSPS) is 24.7. The maximum absolute atomic E-state index is 11.9. The second-order valence-electron chi connectivity index (χ2n) is 5.19. The molecule has 3 unspecified atom stereocenters. The Morgan fingerprint density at radius 1 is 1.53 bits per heavy atom. The van der Waals surface area contributed by atoms with Crippen molar-refractivity contribution in [3.63, 3.8) is 0 Å². The molecular formula is C14H27NO3S. The second-order valence-corrected chi connectivity index (χ2v) is 6.54. The Kier molecular flexibility index (Phi) is 7.80. The van der Waals surface area contributed by atoms with Crippen LogP contribution in [0.2, 0.25) is 0 Å². The summed E-state index contributed by atoms with van der Waals surface area (Å²) in [5.41, 5.74) is 0. The fourth-order valence-corrected chi connectivity index (χ4v) is 3.47. The first-order valence-corrected chi connectivity index (χ1v) is 8.25. The predicted octanol–water partition coefficient (Wildman–Crippen LogP) is 2.22. The summed E-state index contributed by atoms with van der Waals surface area (Å²) in [4.78, 5) is 11.9. The Labute approximate surface area is 121 Å². The molecule has 3 atom stereocenters. The molecule has 0 aromatic carbocycles. The van der Waals surface area contributed by atoms with Crippen LogP contribution in [0.25, 0.3) is 0 Å². The molecule has 1 rings (SSSR count). The molecule has 1 aliphatic rings. The van der Waals surface area contributed by atoms with Crippen molar-refractivity contribution in [2.24, 2.45) is 0 Å². The highest BCUT2D eigenvalue weighted by molar-refractivity contribution is 7.99. The van der Waals surface area contributed by atoms with E-state index in [1.54, 1.807) is 0 Å². The van der Waals surface area contributed by atoms with Gasteiger partial charge in [-0.3, -0.25) is 4.79 Å². The smallest absolute Gasteiger partial charge is 0.323 e. The van der Waals surface area contributed by atoms with Gasteiger partial charge in [0, 0.05) is 17.9 Å². The monoisotopic (exact) mass is 289 g/mol. The van der Waals surface area contributed by atoms with Gasteiger partial charge >= 0.3 is 5.97 Å². The summed E-state index contributed by atoms with van der Waals surface area (Å²) in [5.74, 6) is 0.828. The van der Waals surface area contributed by atoms with Crippen LogP contribution < -0.4 is 5.32 Å². The van der Waals surface area contributed by atoms with E-state index in [9.17, 15) is 4.79 Å². The average Bonchev–Trinajstić information content (AvgIpc) is 2.74. The maximum atomic E-state index is 11.9. The van der Waals surface area contributed by atoms with Crippen molar-refractivity contribution in [1.82, 2.24) is 5.32 Å². The summed E-state index contributed by atoms with van der Waals surface area (Å²) in [6.45, 7) is 9.37. The van der Waals surface area contributed by atoms with Crippen molar-refractivity contribution in [2.75, 3.05) is 19.0 Å². The SMILES string of the molecule is CCOC(=O)C(CCSC1CCOC1C)NC(C)C. The van der Waals surface area contributed by atoms with Gasteiger partial charge in [0.2, 0.25) is 0 Å². The second kappa shape index (κ2) is 8.82. The lowest BCUT2D eigenvalue weighted by molar-refractivity contribution is -0.145. The highest BCUT2D eigenvalue weighted by atomic mass is 32.2. The summed E-state index contributed by atoms with van der Waals surface area (Å²) in [7, 11) is 0. The summed E-state index contributed by atoms with van der Waals surface area (Å²) in [5, 5.41) is 3.85. The van der Waals surface area contributed by atoms with Crippen LogP contribution >= 0.6 is 11.8 Å². The highest BCUT2D eigenvalue weighted by Gasteiger charge is 2.26. The van der Waals surface area contributed by atoms with Gasteiger partial charge in [-0.15, -0.1) is 0 Å². The Bertz CT molecular complexity index is 273. The van der Waals surface area contributed by atoms with Gasteiger partial charge in [0.05, 0.1) is 12.7 Å². The average molecular weight is 289 g/mol. The molecule has 112 valence electrons. The van der Waals surface area contributed by atoms with Gasteiger partial charge in [-0.2, -0.15) is 11.8 Å². The molecule has 1 aliphatic heterocycles. The van der Waals surface area contributed by atoms with E-state index >= 15 is 0 Å². The van der Waals surface area contributed by atoms with Gasteiger partial charge < -0.3 is 14.8 Å². The Morgan fingerprint density at radius 2 is 2.26 bits per heavy atom. The van der Waals surface area contributed by atoms with Crippen molar-refractivity contribution < 1.29 is 14.3 Å². The number of nitrogens with one attached hydrogen (secondary N) is 1. The quantitative estimate of drug-likeness (QED) is 0.694. The third kappa shape index (κ3) is 6.15. The zero-order chi connectivity index (χ0) is 14.3. The number of thioether (sulfide) groups is 1. The fraction of sp³-hybridized carbons (Fsp3) is 0.929. The minimum atomic E-state index is -0.190. The van der Waals surface area contributed by atoms with Crippen LogP contribution in [0.4, 0.5) is 0 Å². The fourth-order valence-electron chi connectivity index (χ4n) is 2.18. The van der Waals surface area contributed by atoms with Crippen molar-refractivity contribution in [3.8, 4) is 0 Å². The topological polar surface area (TPSA) is 47.6 Å². The van der Waals surface area contributed by atoms with Gasteiger partial charge in [-0.1, -0.05) is 13.8 Å². The van der Waals surface area contributed by atoms with Crippen molar-refractivity contribution in [3.05, 3.63) is 0 Å². The molecule has 19 heavy (non-hydrogen) atoms. The van der Waals surface area contributed by atoms with E-state index < -0.39 is 0 Å². The van der Waals surface area contributed by atoms with Crippen LogP contribution in [0.3, 0.4) is 0 Å². The summed E-state index contributed by atoms with van der Waals surface area (Å²) >= 11 is 1.91. The van der Waals surface area contributed by atoms with Gasteiger partial charge in [-0.05, 0) is 32.4 Å². The highest BCUT2D eigenvalue weighted by Crippen LogP contribution is 2.27. The molecule has 0 aromatic heterocycles. The zero-order valence-corrected chi connectivity index (χ0v) is 13.3. The Morgan fingerprint density at radius 3 is 2.79 bits per heavy atom. The third-order valence-electron chi connectivity index (χ3n) is 3.15. The Hall–Kier alpha value is -0.260. The molecule has 0 aliphatic carbocycles. The van der Waals surface area contributed by atoms with Crippen molar-refractivity contribution in [1.29, 1.82) is 0 Å². The lowest BCUT2D eigenvalue weighted by Crippen LogP contribution is -2.42. The number of ether oxygens (including phenoxy) is 2. The number of rotatable bonds is 8. The standard InChI is InChI=1S/C14H27NO3S/c1-5-17-14(16)12(15-10(2)3)7-9-19-13-6-8-18-11(13)4/h10-13,15H,5-9H2,1-4H3. The number of hydrogen-bond donors (Lipinski definition) is 1. The number of hydrogen-bond acceptors (Lipinski definition) is 5. The van der Waals surface area contributed by atoms with Crippen LogP contribution in [0, 0.1) is 0 Å². The first-order valence-electron chi connectivity index (χ1n) is 7.20. The van der Waals surface area contributed by atoms with E-state index in [4.69, 9.17) is 9.47 Å². The van der Waals surface area contributed by atoms with E-state index in [1.165, 1.54) is 0 Å². The van der Waals surface area contributed by atoms with Gasteiger partial charge in [0.1, 0.15) is 6.04 Å². The molecule has 5 heteroatoms. The number of esters is 1. The molecule has 0 radical (unpaired) electrons. The Balaban J connectivity index is 2.33. The molecule has 4 nitrogen and oxygen atoms in total. The van der Waals surface area contributed by atoms with Crippen molar-refractivity contribution in [2.45, 2.75) is 64.0 Å². The first kappa shape index (κ1) is 16.8. The summed E-state index contributed by atoms with van der Waals surface area (Å²) in [6, 6.07) is 0.0956. The maximum Gasteiger partial charge on any atom is 0.323 e. The van der Waals surface area contributed by atoms with Gasteiger partial charge in [0.25, 0.3) is 0 Å². The molecule has 1 N–H and O–H groups in total. The molecule has 0 bridgehead atoms. The van der Waals surface area contributed by atoms with Gasteiger partial charge in [0.15, 0.2) is 0 Å². The van der Waals surface area contributed by atoms with Crippen LogP contribution in [-0.2, 0) is 14.3 Å². The molecule has 1 saturated heterocycles. The van der Waals surface area contributed by atoms with Crippen molar-refractivity contribution >= 4 is 17.7 Å². The lowest BCUT2D eigenvalue weighted by atomic mass is 10.2. The zero-order valence-electron chi connectivity index (χ0n) is 12.5. The van der Waals surface area contributed by atoms with Crippen LogP contribution in [0.5, 0.6) is 0 Å². The van der Waals surface area contributed by atoms with Crippen LogP contribution in [-0.4, -0.2) is 48.4 Å². The minimum absolute atomic E-state index is 0.132. The van der Waals surface area contributed by atoms with E-state index in [1.807, 2.05) is 32.5 Å². The van der Waals surface area contributed by atoms with Crippen LogP contribution in [0.15, 0.2) is 0 Å². The minimum Gasteiger partial charge on any atom is -0.465 e. The van der Waals surface area contributed by atoms with E-state index in [0.717, 1.165) is 25.2 Å². The molecule has 1 heterocycles. The summed E-state index contributed by atoms with van der Waals surface area (Å²) < 4.78 is 10.7. The largest absolute Gasteiger partial charge is 0.465 e.